The van der Waals surface area contributed by atoms with E-state index in [1.165, 1.54) is 12.8 Å². The highest BCUT2D eigenvalue weighted by molar-refractivity contribution is 6.08. The van der Waals surface area contributed by atoms with Crippen molar-refractivity contribution < 1.29 is 9.53 Å². The highest BCUT2D eigenvalue weighted by Crippen LogP contribution is 2.35. The van der Waals surface area contributed by atoms with Crippen LogP contribution in [0.15, 0.2) is 0 Å². The lowest BCUT2D eigenvalue weighted by Gasteiger charge is -2.35. The second-order valence-electron chi connectivity index (χ2n) is 4.90. The Morgan fingerprint density at radius 1 is 1.35 bits per heavy atom. The predicted molar refractivity (Wildman–Crippen MR) is 65.3 cm³/mol. The molecule has 1 spiro atoms. The zero-order valence-corrected chi connectivity index (χ0v) is 10.4. The Morgan fingerprint density at radius 3 is 2.59 bits per heavy atom. The van der Waals surface area contributed by atoms with Crippen LogP contribution in [0, 0.1) is 5.41 Å². The minimum absolute atomic E-state index is 0.131. The predicted octanol–water partition coefficient (Wildman–Crippen LogP) is 1.73. The van der Waals surface area contributed by atoms with E-state index in [0.717, 1.165) is 25.7 Å². The quantitative estimate of drug-likeness (QED) is 0.787. The van der Waals surface area contributed by atoms with Gasteiger partial charge in [-0.05, 0) is 12.8 Å². The summed E-state index contributed by atoms with van der Waals surface area (Å²) in [7, 11) is 1.64. The van der Waals surface area contributed by atoms with Crippen molar-refractivity contribution in [3.8, 4) is 0 Å². The number of nitrogens with zero attached hydrogens (tertiary/aromatic N) is 1. The van der Waals surface area contributed by atoms with Crippen molar-refractivity contribution in [1.29, 1.82) is 5.41 Å². The van der Waals surface area contributed by atoms with E-state index in [0.29, 0.717) is 19.0 Å². The van der Waals surface area contributed by atoms with Crippen LogP contribution in [0.3, 0.4) is 0 Å². The third kappa shape index (κ3) is 2.16. The van der Waals surface area contributed by atoms with Crippen LogP contribution < -0.4 is 5.32 Å². The zero-order valence-electron chi connectivity index (χ0n) is 10.4. The molecule has 5 heteroatoms. The Balaban J connectivity index is 2.19. The van der Waals surface area contributed by atoms with E-state index >= 15 is 0 Å². The second kappa shape index (κ2) is 5.04. The van der Waals surface area contributed by atoms with E-state index < -0.39 is 0 Å². The molecule has 0 bridgehead atoms. The maximum atomic E-state index is 11.9. The number of amides is 2. The number of hydrogen-bond acceptors (Lipinski definition) is 3. The van der Waals surface area contributed by atoms with Gasteiger partial charge in [-0.3, -0.25) is 10.7 Å². The van der Waals surface area contributed by atoms with Crippen LogP contribution in [0.2, 0.25) is 0 Å². The summed E-state index contributed by atoms with van der Waals surface area (Å²) >= 11 is 0. The van der Waals surface area contributed by atoms with Crippen molar-refractivity contribution in [1.82, 2.24) is 10.2 Å². The Hall–Kier alpha value is -1.10. The lowest BCUT2D eigenvalue weighted by molar-refractivity contribution is 0.117. The summed E-state index contributed by atoms with van der Waals surface area (Å²) in [6.07, 6.45) is 6.44. The molecule has 0 unspecified atom stereocenters. The Bertz CT molecular complexity index is 309. The normalized spacial score (nSPS) is 23.9. The van der Waals surface area contributed by atoms with Gasteiger partial charge in [-0.1, -0.05) is 25.7 Å². The van der Waals surface area contributed by atoms with Gasteiger partial charge in [0.25, 0.3) is 0 Å². The third-order valence-corrected chi connectivity index (χ3v) is 3.91. The molecule has 1 aliphatic carbocycles. The first-order chi connectivity index (χ1) is 8.20. The SMILES string of the molecule is COCCN1C(=O)NC(=N)C12CCCCCC2. The van der Waals surface area contributed by atoms with Crippen LogP contribution in [0.4, 0.5) is 4.79 Å². The number of carbonyl (C=O) groups excluding carboxylic acids is 1. The van der Waals surface area contributed by atoms with Gasteiger partial charge < -0.3 is 9.64 Å². The molecule has 0 atom stereocenters. The Kier molecular flexibility index (Phi) is 3.66. The molecule has 2 rings (SSSR count). The molecule has 2 amide bonds. The molecule has 1 saturated carbocycles. The largest absolute Gasteiger partial charge is 0.383 e. The highest BCUT2D eigenvalue weighted by Gasteiger charge is 2.49. The standard InChI is InChI=1S/C12H21N3O2/c1-17-9-8-15-11(16)14-10(13)12(15)6-4-2-3-5-7-12/h2-9H2,1H3,(H2,13,14,16). The molecular weight excluding hydrogens is 218 g/mol. The summed E-state index contributed by atoms with van der Waals surface area (Å²) in [5.41, 5.74) is -0.369. The lowest BCUT2D eigenvalue weighted by Crippen LogP contribution is -2.50. The monoisotopic (exact) mass is 239 g/mol. The van der Waals surface area contributed by atoms with E-state index in [-0.39, 0.29) is 11.6 Å². The molecule has 17 heavy (non-hydrogen) atoms. The topological polar surface area (TPSA) is 65.4 Å². The molecule has 5 nitrogen and oxygen atoms in total. The molecule has 1 saturated heterocycles. The fourth-order valence-electron chi connectivity index (χ4n) is 2.95. The molecule has 1 aliphatic heterocycles. The molecule has 2 fully saturated rings. The minimum atomic E-state index is -0.369. The van der Waals surface area contributed by atoms with Gasteiger partial charge in [0.1, 0.15) is 11.4 Å². The van der Waals surface area contributed by atoms with Crippen LogP contribution in [0.5, 0.6) is 0 Å². The molecule has 96 valence electrons. The number of methoxy groups -OCH3 is 1. The van der Waals surface area contributed by atoms with Gasteiger partial charge in [-0.2, -0.15) is 0 Å². The van der Waals surface area contributed by atoms with E-state index in [9.17, 15) is 4.79 Å². The average Bonchev–Trinajstić information content (AvgIpc) is 2.50. The Labute approximate surface area is 102 Å². The van der Waals surface area contributed by atoms with Crippen molar-refractivity contribution in [3.05, 3.63) is 0 Å². The maximum Gasteiger partial charge on any atom is 0.323 e. The summed E-state index contributed by atoms with van der Waals surface area (Å²) in [5, 5.41) is 10.7. The average molecular weight is 239 g/mol. The molecule has 2 aliphatic rings. The molecule has 1 heterocycles. The first kappa shape index (κ1) is 12.4. The number of urea groups is 1. The van der Waals surface area contributed by atoms with Gasteiger partial charge in [-0.15, -0.1) is 0 Å². The number of hydrogen-bond donors (Lipinski definition) is 2. The van der Waals surface area contributed by atoms with Crippen LogP contribution in [-0.4, -0.2) is 42.6 Å². The Morgan fingerprint density at radius 2 is 2.00 bits per heavy atom. The summed E-state index contributed by atoms with van der Waals surface area (Å²) in [6.45, 7) is 1.10. The highest BCUT2D eigenvalue weighted by atomic mass is 16.5. The maximum absolute atomic E-state index is 11.9. The fourth-order valence-corrected chi connectivity index (χ4v) is 2.95. The van der Waals surface area contributed by atoms with Crippen LogP contribution in [0.1, 0.15) is 38.5 Å². The third-order valence-electron chi connectivity index (χ3n) is 3.91. The minimum Gasteiger partial charge on any atom is -0.383 e. The van der Waals surface area contributed by atoms with Crippen molar-refractivity contribution in [3.63, 3.8) is 0 Å². The molecular formula is C12H21N3O2. The molecule has 0 radical (unpaired) electrons. The fraction of sp³-hybridized carbons (Fsp3) is 0.833. The van der Waals surface area contributed by atoms with E-state index in [1.807, 2.05) is 4.90 Å². The van der Waals surface area contributed by atoms with Gasteiger partial charge >= 0.3 is 6.03 Å². The smallest absolute Gasteiger partial charge is 0.323 e. The van der Waals surface area contributed by atoms with Gasteiger partial charge in [0.05, 0.1) is 6.61 Å². The second-order valence-corrected chi connectivity index (χ2v) is 4.90. The lowest BCUT2D eigenvalue weighted by atomic mass is 9.88. The van der Waals surface area contributed by atoms with Crippen molar-refractivity contribution in [2.45, 2.75) is 44.1 Å². The summed E-state index contributed by atoms with van der Waals surface area (Å²) in [5.74, 6) is 0.389. The number of amidine groups is 1. The molecule has 0 aromatic carbocycles. The number of nitrogens with one attached hydrogen (secondary N) is 2. The van der Waals surface area contributed by atoms with Crippen molar-refractivity contribution in [2.75, 3.05) is 20.3 Å². The number of carbonyl (C=O) groups is 1. The van der Waals surface area contributed by atoms with Crippen LogP contribution in [0.25, 0.3) is 0 Å². The summed E-state index contributed by atoms with van der Waals surface area (Å²) in [4.78, 5) is 13.7. The van der Waals surface area contributed by atoms with E-state index in [4.69, 9.17) is 10.1 Å². The first-order valence-electron chi connectivity index (χ1n) is 6.37. The summed E-state index contributed by atoms with van der Waals surface area (Å²) in [6, 6.07) is -0.131. The van der Waals surface area contributed by atoms with Crippen molar-refractivity contribution in [2.24, 2.45) is 0 Å². The first-order valence-corrected chi connectivity index (χ1v) is 6.37. The van der Waals surface area contributed by atoms with Gasteiger partial charge in [0, 0.05) is 13.7 Å². The van der Waals surface area contributed by atoms with Gasteiger partial charge in [-0.25, -0.2) is 4.79 Å². The number of ether oxygens (including phenoxy) is 1. The van der Waals surface area contributed by atoms with Crippen molar-refractivity contribution >= 4 is 11.9 Å². The molecule has 2 N–H and O–H groups in total. The van der Waals surface area contributed by atoms with Gasteiger partial charge in [0.15, 0.2) is 0 Å². The van der Waals surface area contributed by atoms with E-state index in [1.54, 1.807) is 7.11 Å². The number of rotatable bonds is 3. The van der Waals surface area contributed by atoms with Gasteiger partial charge in [0.2, 0.25) is 0 Å². The molecule has 0 aromatic rings. The molecule has 0 aromatic heterocycles. The summed E-state index contributed by atoms with van der Waals surface area (Å²) < 4.78 is 5.06. The van der Waals surface area contributed by atoms with Crippen LogP contribution >= 0.6 is 0 Å². The zero-order chi connectivity index (χ0) is 12.3. The van der Waals surface area contributed by atoms with E-state index in [2.05, 4.69) is 5.32 Å². The van der Waals surface area contributed by atoms with Crippen LogP contribution in [-0.2, 0) is 4.74 Å².